The molecule has 0 radical (unpaired) electrons. The molecule has 0 aliphatic rings. The Bertz CT molecular complexity index is 1400. The minimum absolute atomic E-state index is 0.0338. The molecule has 1 atom stereocenters. The zero-order valence-electron chi connectivity index (χ0n) is 22.9. The molecule has 7 nitrogen and oxygen atoms in total. The van der Waals surface area contributed by atoms with Gasteiger partial charge in [-0.15, -0.1) is 0 Å². The lowest BCUT2D eigenvalue weighted by molar-refractivity contribution is -0.139. The van der Waals surface area contributed by atoms with Crippen LogP contribution in [0.2, 0.25) is 10.0 Å². The van der Waals surface area contributed by atoms with Gasteiger partial charge in [0.15, 0.2) is 0 Å². The summed E-state index contributed by atoms with van der Waals surface area (Å²) in [5.74, 6) is -0.866. The molecule has 0 saturated heterocycles. The summed E-state index contributed by atoms with van der Waals surface area (Å²) in [6.07, 6.45) is 2.49. The summed E-state index contributed by atoms with van der Waals surface area (Å²) in [6, 6.07) is 19.1. The van der Waals surface area contributed by atoms with Gasteiger partial charge in [0.2, 0.25) is 11.8 Å². The number of halogens is 2. The maximum Gasteiger partial charge on any atom is 0.264 e. The van der Waals surface area contributed by atoms with Crippen molar-refractivity contribution in [2.45, 2.75) is 57.5 Å². The second kappa shape index (κ2) is 14.5. The van der Waals surface area contributed by atoms with Crippen LogP contribution >= 0.6 is 23.2 Å². The SMILES string of the molecule is CCCCNC(=O)C(C)N(Cc1ccc(Cl)c(Cl)c1)C(=O)CN(c1ccc(CC)cc1)S(=O)(=O)c1ccccc1. The molecule has 0 aromatic heterocycles. The number of carbonyl (C=O) groups is 2. The molecule has 10 heteroatoms. The summed E-state index contributed by atoms with van der Waals surface area (Å²) in [5.41, 5.74) is 2.04. The molecule has 40 heavy (non-hydrogen) atoms. The Morgan fingerprint density at radius 3 is 2.15 bits per heavy atom. The second-order valence-corrected chi connectivity index (χ2v) is 12.1. The molecule has 3 aromatic rings. The van der Waals surface area contributed by atoms with Crippen LogP contribution in [0.15, 0.2) is 77.7 Å². The highest BCUT2D eigenvalue weighted by Crippen LogP contribution is 2.26. The van der Waals surface area contributed by atoms with E-state index in [9.17, 15) is 18.0 Å². The third kappa shape index (κ3) is 7.99. The van der Waals surface area contributed by atoms with Crippen LogP contribution in [0, 0.1) is 0 Å². The second-order valence-electron chi connectivity index (χ2n) is 9.44. The van der Waals surface area contributed by atoms with Crippen LogP contribution in [0.1, 0.15) is 44.7 Å². The first-order chi connectivity index (χ1) is 19.1. The van der Waals surface area contributed by atoms with Gasteiger partial charge in [0, 0.05) is 13.1 Å². The van der Waals surface area contributed by atoms with Gasteiger partial charge in [-0.3, -0.25) is 13.9 Å². The highest BCUT2D eigenvalue weighted by atomic mass is 35.5. The van der Waals surface area contributed by atoms with Crippen molar-refractivity contribution in [2.24, 2.45) is 0 Å². The molecule has 0 spiro atoms. The minimum Gasteiger partial charge on any atom is -0.354 e. The molecule has 3 aromatic carbocycles. The molecule has 214 valence electrons. The Morgan fingerprint density at radius 2 is 1.55 bits per heavy atom. The highest BCUT2D eigenvalue weighted by Gasteiger charge is 2.32. The van der Waals surface area contributed by atoms with Crippen LogP contribution in [0.3, 0.4) is 0 Å². The summed E-state index contributed by atoms with van der Waals surface area (Å²) in [5, 5.41) is 3.55. The first-order valence-electron chi connectivity index (χ1n) is 13.3. The lowest BCUT2D eigenvalue weighted by Gasteiger charge is -2.32. The van der Waals surface area contributed by atoms with Gasteiger partial charge in [-0.2, -0.15) is 0 Å². The van der Waals surface area contributed by atoms with Gasteiger partial charge >= 0.3 is 0 Å². The number of nitrogens with one attached hydrogen (secondary N) is 1. The molecule has 1 unspecified atom stereocenters. The highest BCUT2D eigenvalue weighted by molar-refractivity contribution is 7.92. The number of anilines is 1. The average Bonchev–Trinajstić information content (AvgIpc) is 2.96. The molecule has 0 bridgehead atoms. The van der Waals surface area contributed by atoms with Crippen LogP contribution in [0.25, 0.3) is 0 Å². The van der Waals surface area contributed by atoms with Crippen molar-refractivity contribution < 1.29 is 18.0 Å². The number of carbonyl (C=O) groups excluding carboxylic acids is 2. The Kier molecular flexibility index (Phi) is 11.4. The van der Waals surface area contributed by atoms with Crippen LogP contribution in [-0.4, -0.2) is 44.3 Å². The summed E-state index contributed by atoms with van der Waals surface area (Å²) in [7, 11) is -4.10. The third-order valence-corrected chi connectivity index (χ3v) is 9.10. The Balaban J connectivity index is 2.00. The number of unbranched alkanes of at least 4 members (excludes halogenated alkanes) is 1. The normalized spacial score (nSPS) is 12.0. The molecule has 0 aliphatic carbocycles. The number of rotatable bonds is 13. The Labute approximate surface area is 247 Å². The maximum atomic E-state index is 13.9. The molecule has 3 rings (SSSR count). The predicted octanol–water partition coefficient (Wildman–Crippen LogP) is 6.08. The van der Waals surface area contributed by atoms with E-state index in [0.29, 0.717) is 27.8 Å². The van der Waals surface area contributed by atoms with Crippen molar-refractivity contribution in [3.63, 3.8) is 0 Å². The van der Waals surface area contributed by atoms with Gasteiger partial charge in [0.1, 0.15) is 12.6 Å². The first kappa shape index (κ1) is 31.5. The third-order valence-electron chi connectivity index (χ3n) is 6.58. The first-order valence-corrected chi connectivity index (χ1v) is 15.5. The van der Waals surface area contributed by atoms with Gasteiger partial charge in [-0.25, -0.2) is 8.42 Å². The smallest absolute Gasteiger partial charge is 0.264 e. The number of hydrogen-bond donors (Lipinski definition) is 1. The molecule has 0 heterocycles. The standard InChI is InChI=1S/C30H35Cl2N3O4S/c1-4-6-18-33-30(37)22(3)34(20-24-14-17-27(31)28(32)19-24)29(36)21-35(25-15-12-23(5-2)13-16-25)40(38,39)26-10-8-7-9-11-26/h7-17,19,22H,4-6,18,20-21H2,1-3H3,(H,33,37). The van der Waals surface area contributed by atoms with E-state index in [2.05, 4.69) is 5.32 Å². The van der Waals surface area contributed by atoms with Crippen molar-refractivity contribution in [3.8, 4) is 0 Å². The average molecular weight is 605 g/mol. The fourth-order valence-corrected chi connectivity index (χ4v) is 5.86. The lowest BCUT2D eigenvalue weighted by Crippen LogP contribution is -2.51. The van der Waals surface area contributed by atoms with Gasteiger partial charge in [0.25, 0.3) is 10.0 Å². The van der Waals surface area contributed by atoms with Gasteiger partial charge in [-0.05, 0) is 67.3 Å². The zero-order valence-corrected chi connectivity index (χ0v) is 25.3. The van der Waals surface area contributed by atoms with E-state index >= 15 is 0 Å². The van der Waals surface area contributed by atoms with Crippen LogP contribution < -0.4 is 9.62 Å². The molecular formula is C30H35Cl2N3O4S. The van der Waals surface area contributed by atoms with Crippen molar-refractivity contribution in [1.82, 2.24) is 10.2 Å². The van der Waals surface area contributed by atoms with Crippen LogP contribution in [-0.2, 0) is 32.6 Å². The number of aryl methyl sites for hydroxylation is 1. The largest absolute Gasteiger partial charge is 0.354 e. The zero-order chi connectivity index (χ0) is 29.3. The number of amides is 2. The fraction of sp³-hybridized carbons (Fsp3) is 0.333. The number of sulfonamides is 1. The quantitative estimate of drug-likeness (QED) is 0.240. The van der Waals surface area contributed by atoms with Crippen molar-refractivity contribution >= 4 is 50.7 Å². The van der Waals surface area contributed by atoms with Crippen LogP contribution in [0.5, 0.6) is 0 Å². The Morgan fingerprint density at radius 1 is 0.900 bits per heavy atom. The molecule has 1 N–H and O–H groups in total. The van der Waals surface area contributed by atoms with E-state index < -0.39 is 28.5 Å². The lowest BCUT2D eigenvalue weighted by atomic mass is 10.1. The Hall–Kier alpha value is -3.07. The van der Waals surface area contributed by atoms with E-state index in [1.54, 1.807) is 55.5 Å². The maximum absolute atomic E-state index is 13.9. The van der Waals surface area contributed by atoms with Gasteiger partial charge in [-0.1, -0.05) is 79.9 Å². The number of hydrogen-bond acceptors (Lipinski definition) is 4. The van der Waals surface area contributed by atoms with Crippen molar-refractivity contribution in [3.05, 3.63) is 94.0 Å². The summed E-state index contributed by atoms with van der Waals surface area (Å²) < 4.78 is 28.7. The van der Waals surface area contributed by atoms with Gasteiger partial charge in [0.05, 0.1) is 20.6 Å². The van der Waals surface area contributed by atoms with Crippen molar-refractivity contribution in [2.75, 3.05) is 17.4 Å². The predicted molar refractivity (Wildman–Crippen MR) is 161 cm³/mol. The van der Waals surface area contributed by atoms with E-state index in [0.717, 1.165) is 29.1 Å². The number of benzene rings is 3. The van der Waals surface area contributed by atoms with Crippen molar-refractivity contribution in [1.29, 1.82) is 0 Å². The fourth-order valence-electron chi connectivity index (χ4n) is 4.10. The monoisotopic (exact) mass is 603 g/mol. The molecule has 0 saturated carbocycles. The topological polar surface area (TPSA) is 86.8 Å². The van der Waals surface area contributed by atoms with Crippen LogP contribution in [0.4, 0.5) is 5.69 Å². The minimum atomic E-state index is -4.10. The molecule has 0 fully saturated rings. The van der Waals surface area contributed by atoms with Gasteiger partial charge < -0.3 is 10.2 Å². The molecular weight excluding hydrogens is 569 g/mol. The summed E-state index contributed by atoms with van der Waals surface area (Å²) in [6.45, 7) is 5.66. The summed E-state index contributed by atoms with van der Waals surface area (Å²) in [4.78, 5) is 28.4. The number of nitrogens with zero attached hydrogens (tertiary/aromatic N) is 2. The molecule has 0 aliphatic heterocycles. The molecule has 2 amide bonds. The van der Waals surface area contributed by atoms with E-state index in [1.807, 2.05) is 26.0 Å². The van der Waals surface area contributed by atoms with E-state index in [-0.39, 0.29) is 17.3 Å². The van der Waals surface area contributed by atoms with E-state index in [1.165, 1.54) is 17.0 Å². The summed E-state index contributed by atoms with van der Waals surface area (Å²) >= 11 is 12.3. The van der Waals surface area contributed by atoms with E-state index in [4.69, 9.17) is 23.2 Å².